The van der Waals surface area contributed by atoms with Gasteiger partial charge in [0, 0.05) is 19.3 Å². The number of hydrazine groups is 1. The summed E-state index contributed by atoms with van der Waals surface area (Å²) in [5.74, 6) is 0.744. The molecule has 0 saturated carbocycles. The van der Waals surface area contributed by atoms with Crippen LogP contribution in [-0.4, -0.2) is 18.0 Å². The molecular weight excluding hydrogens is 240 g/mol. The number of hydrogen-bond acceptors (Lipinski definition) is 4. The number of nitrogens with one attached hydrogen (secondary N) is 1. The van der Waals surface area contributed by atoms with E-state index in [1.54, 1.807) is 17.3 Å². The highest BCUT2D eigenvalue weighted by molar-refractivity contribution is 5.82. The van der Waals surface area contributed by atoms with E-state index in [-0.39, 0.29) is 0 Å². The van der Waals surface area contributed by atoms with Gasteiger partial charge in [-0.05, 0) is 18.2 Å². The van der Waals surface area contributed by atoms with Gasteiger partial charge in [-0.3, -0.25) is 10.4 Å². The minimum absolute atomic E-state index is 0.295. The van der Waals surface area contributed by atoms with Gasteiger partial charge in [0.05, 0.1) is 11.4 Å². The van der Waals surface area contributed by atoms with Crippen molar-refractivity contribution in [2.45, 2.75) is 0 Å². The van der Waals surface area contributed by atoms with Crippen molar-refractivity contribution in [2.24, 2.45) is 10.7 Å². The molecule has 6 nitrogen and oxygen atoms in total. The van der Waals surface area contributed by atoms with Gasteiger partial charge < -0.3 is 11.5 Å². The maximum Gasteiger partial charge on any atom is 0.213 e. The summed E-state index contributed by atoms with van der Waals surface area (Å²) in [6, 6.07) is 13.0. The number of pyridine rings is 1. The molecule has 1 heterocycles. The number of guanidine groups is 1. The quantitative estimate of drug-likeness (QED) is 0.436. The van der Waals surface area contributed by atoms with Crippen LogP contribution >= 0.6 is 0 Å². The summed E-state index contributed by atoms with van der Waals surface area (Å²) in [6.07, 6.45) is 1.63. The number of aliphatic imine (C=N–C) groups is 1. The van der Waals surface area contributed by atoms with Gasteiger partial charge in [-0.25, -0.2) is 9.98 Å². The Bertz CT molecular complexity index is 566. The summed E-state index contributed by atoms with van der Waals surface area (Å²) in [5.41, 5.74) is 16.0. The van der Waals surface area contributed by atoms with Crippen molar-refractivity contribution in [3.63, 3.8) is 0 Å². The van der Waals surface area contributed by atoms with Crippen molar-refractivity contribution in [3.05, 3.63) is 48.7 Å². The van der Waals surface area contributed by atoms with E-state index in [4.69, 9.17) is 11.5 Å². The molecule has 1 aromatic heterocycles. The normalized spacial score (nSPS) is 11.1. The Labute approximate surface area is 111 Å². The topological polar surface area (TPSA) is 92.6 Å². The summed E-state index contributed by atoms with van der Waals surface area (Å²) in [4.78, 5) is 8.17. The molecule has 0 aliphatic heterocycles. The van der Waals surface area contributed by atoms with Gasteiger partial charge >= 0.3 is 0 Å². The second-order valence-corrected chi connectivity index (χ2v) is 3.94. The van der Waals surface area contributed by atoms with Crippen LogP contribution in [-0.2, 0) is 0 Å². The Kier molecular flexibility index (Phi) is 3.82. The molecular formula is C13H16N6. The second kappa shape index (κ2) is 5.72. The van der Waals surface area contributed by atoms with Gasteiger partial charge in [-0.1, -0.05) is 18.2 Å². The van der Waals surface area contributed by atoms with E-state index >= 15 is 0 Å². The van der Waals surface area contributed by atoms with E-state index in [1.807, 2.05) is 43.4 Å². The Morgan fingerprint density at radius 3 is 2.68 bits per heavy atom. The zero-order valence-electron chi connectivity index (χ0n) is 10.6. The molecule has 0 bridgehead atoms. The van der Waals surface area contributed by atoms with E-state index in [0.29, 0.717) is 11.8 Å². The predicted molar refractivity (Wildman–Crippen MR) is 77.9 cm³/mol. The first-order chi connectivity index (χ1) is 9.15. The molecule has 0 atom stereocenters. The molecule has 1 aromatic carbocycles. The first-order valence-corrected chi connectivity index (χ1v) is 5.76. The average Bonchev–Trinajstić information content (AvgIpc) is 2.39. The molecule has 2 aromatic rings. The van der Waals surface area contributed by atoms with Gasteiger partial charge in [0.2, 0.25) is 5.96 Å². The molecule has 0 aliphatic rings. The third-order valence-corrected chi connectivity index (χ3v) is 2.44. The van der Waals surface area contributed by atoms with Crippen LogP contribution in [0.3, 0.4) is 0 Å². The number of hydrogen-bond donors (Lipinski definition) is 3. The van der Waals surface area contributed by atoms with Gasteiger partial charge in [0.25, 0.3) is 0 Å². The highest BCUT2D eigenvalue weighted by atomic mass is 15.5. The summed E-state index contributed by atoms with van der Waals surface area (Å²) < 4.78 is 0. The molecule has 2 rings (SSSR count). The second-order valence-electron chi connectivity index (χ2n) is 3.94. The molecule has 6 heteroatoms. The Morgan fingerprint density at radius 1 is 1.26 bits per heavy atom. The summed E-state index contributed by atoms with van der Waals surface area (Å²) >= 11 is 0. The first-order valence-electron chi connectivity index (χ1n) is 5.76. The summed E-state index contributed by atoms with van der Waals surface area (Å²) in [5, 5.41) is 1.72. The highest BCUT2D eigenvalue weighted by Crippen LogP contribution is 2.12. The van der Waals surface area contributed by atoms with Gasteiger partial charge in [0.15, 0.2) is 0 Å². The number of nitrogen functional groups attached to an aromatic ring is 1. The Morgan fingerprint density at radius 2 is 2.00 bits per heavy atom. The molecule has 0 radical (unpaired) electrons. The van der Waals surface area contributed by atoms with Crippen molar-refractivity contribution < 1.29 is 0 Å². The number of nitrogens with two attached hydrogens (primary N) is 2. The van der Waals surface area contributed by atoms with Crippen LogP contribution in [0.4, 0.5) is 17.2 Å². The molecule has 0 aliphatic carbocycles. The largest absolute Gasteiger partial charge is 0.384 e. The van der Waals surface area contributed by atoms with Crippen LogP contribution < -0.4 is 21.9 Å². The van der Waals surface area contributed by atoms with E-state index in [2.05, 4.69) is 15.4 Å². The number of anilines is 2. The first kappa shape index (κ1) is 12.7. The lowest BCUT2D eigenvalue weighted by molar-refractivity contribution is 0.869. The molecule has 5 N–H and O–H groups in total. The van der Waals surface area contributed by atoms with Crippen LogP contribution in [0.5, 0.6) is 0 Å². The standard InChI is InChI=1S/C13H16N6/c1-19(11-7-8-16-12(14)9-11)18-13(15)17-10-5-3-2-4-6-10/h2-9H,1H3,(H2,14,16)(H3,15,17,18). The number of para-hydroxylation sites is 1. The minimum atomic E-state index is 0.295. The zero-order valence-corrected chi connectivity index (χ0v) is 10.6. The third kappa shape index (κ3) is 3.60. The fraction of sp³-hybridized carbons (Fsp3) is 0.0769. The lowest BCUT2D eigenvalue weighted by Gasteiger charge is -2.20. The average molecular weight is 256 g/mol. The fourth-order valence-electron chi connectivity index (χ4n) is 1.55. The van der Waals surface area contributed by atoms with Crippen molar-refractivity contribution >= 4 is 23.2 Å². The van der Waals surface area contributed by atoms with Gasteiger partial charge in [0.1, 0.15) is 5.82 Å². The maximum absolute atomic E-state index is 5.83. The molecule has 0 fully saturated rings. The van der Waals surface area contributed by atoms with E-state index in [0.717, 1.165) is 11.4 Å². The Hall–Kier alpha value is -2.76. The smallest absolute Gasteiger partial charge is 0.213 e. The van der Waals surface area contributed by atoms with Crippen LogP contribution in [0, 0.1) is 0 Å². The van der Waals surface area contributed by atoms with E-state index in [1.165, 1.54) is 0 Å². The minimum Gasteiger partial charge on any atom is -0.384 e. The van der Waals surface area contributed by atoms with Crippen LogP contribution in [0.2, 0.25) is 0 Å². The number of benzene rings is 1. The molecule has 98 valence electrons. The van der Waals surface area contributed by atoms with Crippen LogP contribution in [0.25, 0.3) is 0 Å². The van der Waals surface area contributed by atoms with Gasteiger partial charge in [-0.2, -0.15) is 0 Å². The number of aromatic nitrogens is 1. The molecule has 19 heavy (non-hydrogen) atoms. The van der Waals surface area contributed by atoms with Gasteiger partial charge in [-0.15, -0.1) is 0 Å². The summed E-state index contributed by atoms with van der Waals surface area (Å²) in [7, 11) is 1.82. The molecule has 0 amide bonds. The molecule has 0 unspecified atom stereocenters. The summed E-state index contributed by atoms with van der Waals surface area (Å²) in [6.45, 7) is 0. The maximum atomic E-state index is 5.83. The zero-order chi connectivity index (χ0) is 13.7. The molecule has 0 saturated heterocycles. The lowest BCUT2D eigenvalue weighted by Crippen LogP contribution is -2.43. The number of nitrogens with zero attached hydrogens (tertiary/aromatic N) is 3. The third-order valence-electron chi connectivity index (χ3n) is 2.44. The van der Waals surface area contributed by atoms with Crippen LogP contribution in [0.15, 0.2) is 53.7 Å². The number of rotatable bonds is 3. The van der Waals surface area contributed by atoms with Crippen molar-refractivity contribution in [3.8, 4) is 0 Å². The van der Waals surface area contributed by atoms with Crippen LogP contribution in [0.1, 0.15) is 0 Å². The fourth-order valence-corrected chi connectivity index (χ4v) is 1.55. The van der Waals surface area contributed by atoms with E-state index < -0.39 is 0 Å². The monoisotopic (exact) mass is 256 g/mol. The highest BCUT2D eigenvalue weighted by Gasteiger charge is 2.02. The van der Waals surface area contributed by atoms with Crippen molar-refractivity contribution in [1.82, 2.24) is 10.4 Å². The molecule has 0 spiro atoms. The predicted octanol–water partition coefficient (Wildman–Crippen LogP) is 1.25. The van der Waals surface area contributed by atoms with E-state index in [9.17, 15) is 0 Å². The lowest BCUT2D eigenvalue weighted by atomic mass is 10.3. The SMILES string of the molecule is CN(NC(N)=Nc1ccccc1)c1ccnc(N)c1. The van der Waals surface area contributed by atoms with Crippen molar-refractivity contribution in [2.75, 3.05) is 17.8 Å². The Balaban J connectivity index is 2.06. The van der Waals surface area contributed by atoms with Crippen molar-refractivity contribution in [1.29, 1.82) is 0 Å².